The second-order valence-corrected chi connectivity index (χ2v) is 4.31. The molecular weight excluding hydrogens is 228 g/mol. The highest BCUT2D eigenvalue weighted by atomic mass is 16.5. The molecule has 1 aromatic carbocycles. The molecule has 18 heavy (non-hydrogen) atoms. The largest absolute Gasteiger partial charge is 0.384 e. The molecule has 1 saturated heterocycles. The molecule has 1 aliphatic heterocycles. The summed E-state index contributed by atoms with van der Waals surface area (Å²) >= 11 is 0. The van der Waals surface area contributed by atoms with Crippen molar-refractivity contribution in [2.45, 2.75) is 25.6 Å². The first-order valence-corrected chi connectivity index (χ1v) is 6.26. The summed E-state index contributed by atoms with van der Waals surface area (Å²) in [7, 11) is 0. The minimum Gasteiger partial charge on any atom is -0.384 e. The summed E-state index contributed by atoms with van der Waals surface area (Å²) in [4.78, 5) is 0. The lowest BCUT2D eigenvalue weighted by molar-refractivity contribution is 0.0106. The van der Waals surface area contributed by atoms with Gasteiger partial charge in [0.2, 0.25) is 0 Å². The Morgan fingerprint density at radius 2 is 2.39 bits per heavy atom. The molecule has 1 heterocycles. The van der Waals surface area contributed by atoms with Crippen LogP contribution < -0.4 is 0 Å². The van der Waals surface area contributed by atoms with Gasteiger partial charge in [-0.25, -0.2) is 0 Å². The number of aliphatic hydroxyl groups is 1. The van der Waals surface area contributed by atoms with E-state index in [1.54, 1.807) is 0 Å². The molecule has 1 unspecified atom stereocenters. The van der Waals surface area contributed by atoms with Crippen molar-refractivity contribution in [3.05, 3.63) is 35.4 Å². The fourth-order valence-electron chi connectivity index (χ4n) is 1.96. The van der Waals surface area contributed by atoms with Crippen molar-refractivity contribution in [2.75, 3.05) is 19.8 Å². The Labute approximate surface area is 108 Å². The molecule has 0 spiro atoms. The second-order valence-electron chi connectivity index (χ2n) is 4.31. The highest BCUT2D eigenvalue weighted by molar-refractivity contribution is 5.36. The summed E-state index contributed by atoms with van der Waals surface area (Å²) in [5.41, 5.74) is 2.00. The third kappa shape index (κ3) is 4.15. The predicted octanol–water partition coefficient (Wildman–Crippen LogP) is 1.73. The predicted molar refractivity (Wildman–Crippen MR) is 69.0 cm³/mol. The van der Waals surface area contributed by atoms with E-state index >= 15 is 0 Å². The monoisotopic (exact) mass is 246 g/mol. The fourth-order valence-corrected chi connectivity index (χ4v) is 1.96. The van der Waals surface area contributed by atoms with Crippen LogP contribution in [0.25, 0.3) is 0 Å². The zero-order valence-corrected chi connectivity index (χ0v) is 10.4. The molecule has 0 bridgehead atoms. The standard InChI is InChI=1S/C15H18O3/c16-8-2-6-13-4-1-5-14(10-13)11-17-12-15-7-3-9-18-15/h1,4-5,10,15-16H,3,7-9,11-12H2. The highest BCUT2D eigenvalue weighted by Crippen LogP contribution is 2.13. The van der Waals surface area contributed by atoms with Crippen LogP contribution in [0.1, 0.15) is 24.0 Å². The van der Waals surface area contributed by atoms with E-state index in [9.17, 15) is 0 Å². The lowest BCUT2D eigenvalue weighted by Crippen LogP contribution is -2.13. The smallest absolute Gasteiger partial charge is 0.104 e. The Balaban J connectivity index is 1.81. The van der Waals surface area contributed by atoms with Gasteiger partial charge in [-0.2, -0.15) is 0 Å². The molecular formula is C15H18O3. The third-order valence-electron chi connectivity index (χ3n) is 2.84. The van der Waals surface area contributed by atoms with Gasteiger partial charge in [-0.05, 0) is 30.5 Å². The number of benzene rings is 1. The van der Waals surface area contributed by atoms with Crippen molar-refractivity contribution in [1.82, 2.24) is 0 Å². The highest BCUT2D eigenvalue weighted by Gasteiger charge is 2.15. The van der Waals surface area contributed by atoms with Crippen LogP contribution in [0.2, 0.25) is 0 Å². The third-order valence-corrected chi connectivity index (χ3v) is 2.84. The van der Waals surface area contributed by atoms with Gasteiger partial charge in [0, 0.05) is 12.2 Å². The maximum absolute atomic E-state index is 8.65. The summed E-state index contributed by atoms with van der Waals surface area (Å²) in [5, 5.41) is 8.65. The molecule has 2 rings (SSSR count). The van der Waals surface area contributed by atoms with Crippen molar-refractivity contribution < 1.29 is 14.6 Å². The van der Waals surface area contributed by atoms with Crippen LogP contribution in [-0.2, 0) is 16.1 Å². The van der Waals surface area contributed by atoms with E-state index in [-0.39, 0.29) is 12.7 Å². The maximum Gasteiger partial charge on any atom is 0.104 e. The van der Waals surface area contributed by atoms with Crippen molar-refractivity contribution in [3.8, 4) is 11.8 Å². The van der Waals surface area contributed by atoms with Gasteiger partial charge >= 0.3 is 0 Å². The van der Waals surface area contributed by atoms with Crippen LogP contribution in [0.4, 0.5) is 0 Å². The van der Waals surface area contributed by atoms with Crippen LogP contribution in [-0.4, -0.2) is 31.0 Å². The molecule has 1 atom stereocenters. The minimum absolute atomic E-state index is 0.111. The van der Waals surface area contributed by atoms with Crippen molar-refractivity contribution in [2.24, 2.45) is 0 Å². The van der Waals surface area contributed by atoms with E-state index in [0.717, 1.165) is 30.6 Å². The van der Waals surface area contributed by atoms with E-state index < -0.39 is 0 Å². The number of rotatable bonds is 4. The second kappa shape index (κ2) is 7.17. The average molecular weight is 246 g/mol. The molecule has 1 aliphatic rings. The Hall–Kier alpha value is -1.34. The molecule has 0 saturated carbocycles. The summed E-state index contributed by atoms with van der Waals surface area (Å²) < 4.78 is 11.1. The lowest BCUT2D eigenvalue weighted by Gasteiger charge is -2.10. The van der Waals surface area contributed by atoms with Crippen LogP contribution in [0.5, 0.6) is 0 Å². The molecule has 1 fully saturated rings. The Kier molecular flexibility index (Phi) is 5.22. The Morgan fingerprint density at radius 1 is 1.44 bits per heavy atom. The van der Waals surface area contributed by atoms with Gasteiger partial charge in [-0.15, -0.1) is 0 Å². The summed E-state index contributed by atoms with van der Waals surface area (Å²) in [6.45, 7) is 1.99. The quantitative estimate of drug-likeness (QED) is 0.822. The molecule has 0 aromatic heterocycles. The molecule has 1 N–H and O–H groups in total. The van der Waals surface area contributed by atoms with Crippen LogP contribution >= 0.6 is 0 Å². The van der Waals surface area contributed by atoms with E-state index in [0.29, 0.717) is 13.2 Å². The van der Waals surface area contributed by atoms with Gasteiger partial charge in [0.1, 0.15) is 6.61 Å². The van der Waals surface area contributed by atoms with Gasteiger partial charge in [-0.1, -0.05) is 24.0 Å². The zero-order chi connectivity index (χ0) is 12.6. The van der Waals surface area contributed by atoms with E-state index in [1.807, 2.05) is 24.3 Å². The number of aliphatic hydroxyl groups excluding tert-OH is 1. The van der Waals surface area contributed by atoms with Crippen LogP contribution in [0.3, 0.4) is 0 Å². The van der Waals surface area contributed by atoms with Crippen LogP contribution in [0.15, 0.2) is 24.3 Å². The molecule has 3 heteroatoms. The van der Waals surface area contributed by atoms with E-state index in [4.69, 9.17) is 14.6 Å². The summed E-state index contributed by atoms with van der Waals surface area (Å²) in [6.07, 6.45) is 2.50. The van der Waals surface area contributed by atoms with Gasteiger partial charge in [0.25, 0.3) is 0 Å². The topological polar surface area (TPSA) is 38.7 Å². The average Bonchev–Trinajstić information content (AvgIpc) is 2.90. The normalized spacial score (nSPS) is 18.4. The number of hydrogen-bond donors (Lipinski definition) is 1. The molecule has 1 aromatic rings. The Morgan fingerprint density at radius 3 is 3.17 bits per heavy atom. The van der Waals surface area contributed by atoms with Gasteiger partial charge in [0.15, 0.2) is 0 Å². The number of ether oxygens (including phenoxy) is 2. The maximum atomic E-state index is 8.65. The van der Waals surface area contributed by atoms with Crippen molar-refractivity contribution >= 4 is 0 Å². The lowest BCUT2D eigenvalue weighted by atomic mass is 10.1. The minimum atomic E-state index is -0.111. The molecule has 0 radical (unpaired) electrons. The molecule has 0 amide bonds. The van der Waals surface area contributed by atoms with E-state index in [1.165, 1.54) is 0 Å². The fraction of sp³-hybridized carbons (Fsp3) is 0.467. The SMILES string of the molecule is OCC#Cc1cccc(COCC2CCCO2)c1. The first-order chi connectivity index (χ1) is 8.88. The van der Waals surface area contributed by atoms with Crippen LogP contribution in [0, 0.1) is 11.8 Å². The van der Waals surface area contributed by atoms with Crippen molar-refractivity contribution in [3.63, 3.8) is 0 Å². The zero-order valence-electron chi connectivity index (χ0n) is 10.4. The van der Waals surface area contributed by atoms with E-state index in [2.05, 4.69) is 11.8 Å². The Bertz CT molecular complexity index is 425. The summed E-state index contributed by atoms with van der Waals surface area (Å²) in [6, 6.07) is 7.87. The molecule has 0 aliphatic carbocycles. The first kappa shape index (κ1) is 13.1. The molecule has 3 nitrogen and oxygen atoms in total. The van der Waals surface area contributed by atoms with Gasteiger partial charge < -0.3 is 14.6 Å². The summed E-state index contributed by atoms with van der Waals surface area (Å²) in [5.74, 6) is 5.52. The molecule has 96 valence electrons. The first-order valence-electron chi connectivity index (χ1n) is 6.26. The van der Waals surface area contributed by atoms with Gasteiger partial charge in [0.05, 0.1) is 19.3 Å². The number of hydrogen-bond acceptors (Lipinski definition) is 3. The van der Waals surface area contributed by atoms with Gasteiger partial charge in [-0.3, -0.25) is 0 Å². The van der Waals surface area contributed by atoms with Crippen molar-refractivity contribution in [1.29, 1.82) is 0 Å².